The van der Waals surface area contributed by atoms with E-state index in [1.165, 1.54) is 16.9 Å². The van der Waals surface area contributed by atoms with Gasteiger partial charge in [0.1, 0.15) is 11.8 Å². The number of allylic oxidation sites excluding steroid dienone is 1. The molecular weight excluding hydrogens is 631 g/mol. The quantitative estimate of drug-likeness (QED) is 0.161. The van der Waals surface area contributed by atoms with Crippen LogP contribution in [-0.2, 0) is 9.53 Å². The van der Waals surface area contributed by atoms with E-state index in [-0.39, 0.29) is 12.2 Å². The number of thiazole rings is 1. The Morgan fingerprint density at radius 1 is 0.878 bits per heavy atom. The van der Waals surface area contributed by atoms with E-state index in [0.717, 1.165) is 33.8 Å². The largest absolute Gasteiger partial charge is 0.496 e. The van der Waals surface area contributed by atoms with Crippen molar-refractivity contribution in [2.45, 2.75) is 26.8 Å². The van der Waals surface area contributed by atoms with Crippen LogP contribution < -0.4 is 19.6 Å². The number of benzene rings is 4. The van der Waals surface area contributed by atoms with Crippen molar-refractivity contribution < 1.29 is 14.3 Å². The third kappa shape index (κ3) is 5.85. The lowest BCUT2D eigenvalue weighted by Gasteiger charge is -2.25. The second-order valence-corrected chi connectivity index (χ2v) is 12.8. The lowest BCUT2D eigenvalue weighted by molar-refractivity contribution is -0.139. The fraction of sp³-hybridized carbons (Fsp3) is 0.146. The minimum absolute atomic E-state index is 0.197. The van der Waals surface area contributed by atoms with Gasteiger partial charge in [-0.2, -0.15) is 0 Å². The fourth-order valence-electron chi connectivity index (χ4n) is 6.43. The SMILES string of the molecule is CCOC(=O)C1=C(C)N=c2s/c(=C/c3cc(-c4ccccc4)n(-c4ccc(C)cc4)c3-c3ccccc3)c(=O)n2[C@H]1c1ccccc1OC. The molecule has 244 valence electrons. The summed E-state index contributed by atoms with van der Waals surface area (Å²) in [5.74, 6) is 0.0515. The van der Waals surface area contributed by atoms with E-state index in [0.29, 0.717) is 31.9 Å². The third-order valence-electron chi connectivity index (χ3n) is 8.68. The standard InChI is InChI=1S/C41H35N3O4S/c1-5-48-40(46)36-27(3)42-41-44(38(36)32-18-12-13-19-34(32)47-4)39(45)35(49-41)25-30-24-33(28-14-8-6-9-15-28)43(31-22-20-26(2)21-23-31)37(30)29-16-10-7-11-17-29/h6-25,38H,5H2,1-4H3/b35-25+/t38-/m0/s1. The summed E-state index contributed by atoms with van der Waals surface area (Å²) in [6.07, 6.45) is 1.95. The molecule has 6 aromatic rings. The average molecular weight is 666 g/mol. The summed E-state index contributed by atoms with van der Waals surface area (Å²) in [4.78, 5) is 33.3. The maximum Gasteiger partial charge on any atom is 0.338 e. The van der Waals surface area contributed by atoms with Gasteiger partial charge in [0.25, 0.3) is 5.56 Å². The van der Waals surface area contributed by atoms with Gasteiger partial charge in [-0.1, -0.05) is 108 Å². The van der Waals surface area contributed by atoms with Crippen LogP contribution in [0.2, 0.25) is 0 Å². The van der Waals surface area contributed by atoms with E-state index in [9.17, 15) is 9.59 Å². The summed E-state index contributed by atoms with van der Waals surface area (Å²) in [7, 11) is 1.58. The zero-order chi connectivity index (χ0) is 34.1. The molecule has 0 radical (unpaired) electrons. The van der Waals surface area contributed by atoms with Gasteiger partial charge in [-0.05, 0) is 62.2 Å². The van der Waals surface area contributed by atoms with Crippen molar-refractivity contribution in [1.82, 2.24) is 9.13 Å². The number of esters is 1. The van der Waals surface area contributed by atoms with Gasteiger partial charge in [0.15, 0.2) is 4.80 Å². The predicted octanol–water partition coefficient (Wildman–Crippen LogP) is 7.24. The van der Waals surface area contributed by atoms with Crippen LogP contribution in [0.15, 0.2) is 136 Å². The number of hydrogen-bond acceptors (Lipinski definition) is 6. The Kier molecular flexibility index (Phi) is 8.72. The van der Waals surface area contributed by atoms with Crippen molar-refractivity contribution in [3.63, 3.8) is 0 Å². The minimum Gasteiger partial charge on any atom is -0.496 e. The molecule has 0 saturated heterocycles. The number of hydrogen-bond donors (Lipinski definition) is 0. The van der Waals surface area contributed by atoms with Crippen molar-refractivity contribution in [3.05, 3.63) is 163 Å². The number of carbonyl (C=O) groups excluding carboxylic acids is 1. The molecule has 7 nitrogen and oxygen atoms in total. The Morgan fingerprint density at radius 3 is 2.20 bits per heavy atom. The molecule has 1 aliphatic heterocycles. The molecule has 8 heteroatoms. The number of methoxy groups -OCH3 is 1. The average Bonchev–Trinajstić information content (AvgIpc) is 3.65. The highest BCUT2D eigenvalue weighted by atomic mass is 32.1. The highest BCUT2D eigenvalue weighted by Gasteiger charge is 2.35. The van der Waals surface area contributed by atoms with Crippen LogP contribution in [0.25, 0.3) is 34.3 Å². The number of ether oxygens (including phenoxy) is 2. The van der Waals surface area contributed by atoms with Gasteiger partial charge in [-0.15, -0.1) is 0 Å². The molecule has 0 fully saturated rings. The molecule has 0 aliphatic carbocycles. The molecule has 0 spiro atoms. The lowest BCUT2D eigenvalue weighted by Crippen LogP contribution is -2.40. The third-order valence-corrected chi connectivity index (χ3v) is 9.66. The Labute approximate surface area is 288 Å². The van der Waals surface area contributed by atoms with Gasteiger partial charge in [-0.3, -0.25) is 9.36 Å². The molecule has 0 N–H and O–H groups in total. The van der Waals surface area contributed by atoms with Crippen molar-refractivity contribution in [2.24, 2.45) is 4.99 Å². The maximum atomic E-state index is 14.6. The first kappa shape index (κ1) is 31.8. The van der Waals surface area contributed by atoms with Gasteiger partial charge in [0, 0.05) is 16.8 Å². The van der Waals surface area contributed by atoms with E-state index >= 15 is 0 Å². The van der Waals surface area contributed by atoms with Crippen LogP contribution in [0.3, 0.4) is 0 Å². The van der Waals surface area contributed by atoms with Gasteiger partial charge in [0.05, 0.1) is 40.9 Å². The smallest absolute Gasteiger partial charge is 0.338 e. The molecule has 49 heavy (non-hydrogen) atoms. The van der Waals surface area contributed by atoms with Crippen LogP contribution >= 0.6 is 11.3 Å². The maximum absolute atomic E-state index is 14.6. The molecule has 0 amide bonds. The van der Waals surface area contributed by atoms with E-state index in [2.05, 4.69) is 66.1 Å². The van der Waals surface area contributed by atoms with Crippen LogP contribution in [0.5, 0.6) is 5.75 Å². The highest BCUT2D eigenvalue weighted by Crippen LogP contribution is 2.38. The second-order valence-electron chi connectivity index (χ2n) is 11.8. The molecule has 0 unspecified atom stereocenters. The number of fused-ring (bicyclic) bond motifs is 1. The zero-order valence-electron chi connectivity index (χ0n) is 27.7. The van der Waals surface area contributed by atoms with Gasteiger partial charge in [0.2, 0.25) is 0 Å². The number of para-hydroxylation sites is 1. The van der Waals surface area contributed by atoms with Crippen molar-refractivity contribution in [1.29, 1.82) is 0 Å². The Balaban J connectivity index is 1.52. The molecule has 2 aromatic heterocycles. The molecular formula is C41H35N3O4S. The number of rotatable bonds is 8. The molecule has 4 aromatic carbocycles. The lowest BCUT2D eigenvalue weighted by atomic mass is 9.95. The van der Waals surface area contributed by atoms with Crippen molar-refractivity contribution in [2.75, 3.05) is 13.7 Å². The van der Waals surface area contributed by atoms with E-state index < -0.39 is 12.0 Å². The summed E-state index contributed by atoms with van der Waals surface area (Å²) in [6.45, 7) is 5.82. The number of aromatic nitrogens is 2. The molecule has 3 heterocycles. The molecule has 0 bridgehead atoms. The summed E-state index contributed by atoms with van der Waals surface area (Å²) in [6, 6.07) is 37.7. The van der Waals surface area contributed by atoms with E-state index in [4.69, 9.17) is 14.5 Å². The Bertz CT molecular complexity index is 2390. The molecule has 7 rings (SSSR count). The van der Waals surface area contributed by atoms with Crippen LogP contribution in [0.4, 0.5) is 0 Å². The second kappa shape index (κ2) is 13.4. The predicted molar refractivity (Wildman–Crippen MR) is 195 cm³/mol. The molecule has 1 aliphatic rings. The van der Waals surface area contributed by atoms with E-state index in [1.54, 1.807) is 25.5 Å². The summed E-state index contributed by atoms with van der Waals surface area (Å²) < 4.78 is 15.6. The van der Waals surface area contributed by atoms with Crippen molar-refractivity contribution >= 4 is 23.4 Å². The number of nitrogens with zero attached hydrogens (tertiary/aromatic N) is 3. The normalized spacial score (nSPS) is 14.4. The highest BCUT2D eigenvalue weighted by molar-refractivity contribution is 7.07. The summed E-state index contributed by atoms with van der Waals surface area (Å²) in [5.41, 5.74) is 8.31. The van der Waals surface area contributed by atoms with Crippen molar-refractivity contribution in [3.8, 4) is 34.0 Å². The zero-order valence-corrected chi connectivity index (χ0v) is 28.5. The first-order chi connectivity index (χ1) is 23.9. The van der Waals surface area contributed by atoms with Crippen LogP contribution in [0, 0.1) is 6.92 Å². The van der Waals surface area contributed by atoms with Gasteiger partial charge >= 0.3 is 5.97 Å². The van der Waals surface area contributed by atoms with Crippen LogP contribution in [0.1, 0.15) is 36.6 Å². The summed E-state index contributed by atoms with van der Waals surface area (Å²) in [5, 5.41) is 0. The Hall–Kier alpha value is -5.73. The first-order valence-corrected chi connectivity index (χ1v) is 17.0. The van der Waals surface area contributed by atoms with Crippen LogP contribution in [-0.4, -0.2) is 28.8 Å². The minimum atomic E-state index is -0.778. The monoisotopic (exact) mass is 665 g/mol. The summed E-state index contributed by atoms with van der Waals surface area (Å²) >= 11 is 1.30. The first-order valence-electron chi connectivity index (χ1n) is 16.2. The van der Waals surface area contributed by atoms with Gasteiger partial charge in [-0.25, -0.2) is 9.79 Å². The number of aryl methyl sites for hydroxylation is 1. The fourth-order valence-corrected chi connectivity index (χ4v) is 7.47. The topological polar surface area (TPSA) is 74.8 Å². The molecule has 0 saturated carbocycles. The van der Waals surface area contributed by atoms with Gasteiger partial charge < -0.3 is 14.0 Å². The molecule has 1 atom stereocenters. The number of carbonyl (C=O) groups is 1. The van der Waals surface area contributed by atoms with E-state index in [1.807, 2.05) is 66.7 Å². The Morgan fingerprint density at radius 2 is 1.53 bits per heavy atom.